The van der Waals surface area contributed by atoms with E-state index in [1.54, 1.807) is 30.5 Å². The molecule has 0 unspecified atom stereocenters. The number of hydrogen-bond donors (Lipinski definition) is 6. The predicted molar refractivity (Wildman–Crippen MR) is 231 cm³/mol. The minimum Gasteiger partial charge on any atom is -0.488 e. The first-order valence-corrected chi connectivity index (χ1v) is 20.0. The van der Waals surface area contributed by atoms with Gasteiger partial charge in [0.2, 0.25) is 0 Å². The minimum absolute atomic E-state index is 0.00165. The molecule has 0 amide bonds. The quantitative estimate of drug-likeness (QED) is 0.0451. The molecule has 0 bridgehead atoms. The Morgan fingerprint density at radius 3 is 1.69 bits per heavy atom. The van der Waals surface area contributed by atoms with Gasteiger partial charge in [0, 0.05) is 42.7 Å². The molecule has 0 fully saturated rings. The highest BCUT2D eigenvalue weighted by Crippen LogP contribution is 2.36. The second-order valence-corrected chi connectivity index (χ2v) is 16.0. The van der Waals surface area contributed by atoms with Crippen LogP contribution in [0.3, 0.4) is 0 Å². The van der Waals surface area contributed by atoms with E-state index in [9.17, 15) is 35.3 Å². The molecule has 0 saturated carbocycles. The molecule has 0 aliphatic heterocycles. The van der Waals surface area contributed by atoms with Gasteiger partial charge in [0.1, 0.15) is 54.2 Å². The molecular formula is C46H48Cl2N4O9. The molecule has 0 aliphatic rings. The lowest BCUT2D eigenvalue weighted by Gasteiger charge is -2.25. The first-order valence-electron chi connectivity index (χ1n) is 19.2. The van der Waals surface area contributed by atoms with Crippen LogP contribution in [-0.4, -0.2) is 61.6 Å². The van der Waals surface area contributed by atoms with Gasteiger partial charge < -0.3 is 34.6 Å². The van der Waals surface area contributed by atoms with Crippen molar-refractivity contribution in [2.75, 3.05) is 13.2 Å². The van der Waals surface area contributed by atoms with Gasteiger partial charge >= 0.3 is 11.9 Å². The highest BCUT2D eigenvalue weighted by molar-refractivity contribution is 6.32. The molecule has 5 aromatic rings. The molecule has 320 valence electrons. The molecule has 0 spiro atoms. The average molecular weight is 872 g/mol. The zero-order chi connectivity index (χ0) is 44.5. The number of hydrogen-bond acceptors (Lipinski definition) is 11. The summed E-state index contributed by atoms with van der Waals surface area (Å²) in [6.45, 7) is 8.13. The number of nitrogens with zero attached hydrogens (tertiary/aromatic N) is 2. The molecule has 0 saturated heterocycles. The second-order valence-electron chi connectivity index (χ2n) is 15.1. The number of halogens is 2. The maximum absolute atomic E-state index is 11.9. The van der Waals surface area contributed by atoms with E-state index < -0.39 is 36.2 Å². The predicted octanol–water partition coefficient (Wildman–Crippen LogP) is 7.44. The summed E-state index contributed by atoms with van der Waals surface area (Å²) in [5.41, 5.74) is 5.90. The Kier molecular flexibility index (Phi) is 15.4. The normalized spacial score (nSPS) is 13.1. The van der Waals surface area contributed by atoms with Crippen molar-refractivity contribution in [1.29, 1.82) is 5.26 Å². The van der Waals surface area contributed by atoms with Gasteiger partial charge in [0.05, 0.1) is 28.8 Å². The summed E-state index contributed by atoms with van der Waals surface area (Å²) in [5, 5.41) is 54.3. The molecular weight excluding hydrogens is 823 g/mol. The zero-order valence-electron chi connectivity index (χ0n) is 34.4. The number of nitrogens with one attached hydrogen (secondary N) is 2. The Hall–Kier alpha value is -5.72. The number of aromatic nitrogens is 1. The minimum atomic E-state index is -1.62. The van der Waals surface area contributed by atoms with Gasteiger partial charge in [-0.3, -0.25) is 25.2 Å². The van der Waals surface area contributed by atoms with Gasteiger partial charge in [0.25, 0.3) is 0 Å². The van der Waals surface area contributed by atoms with Crippen molar-refractivity contribution in [3.8, 4) is 34.4 Å². The molecule has 5 rings (SSSR count). The molecule has 0 radical (unpaired) electrons. The van der Waals surface area contributed by atoms with Crippen molar-refractivity contribution in [2.45, 2.75) is 78.6 Å². The molecule has 6 N–H and O–H groups in total. The van der Waals surface area contributed by atoms with Gasteiger partial charge in [-0.2, -0.15) is 5.26 Å². The first kappa shape index (κ1) is 46.3. The Bertz CT molecular complexity index is 2460. The molecule has 1 heterocycles. The van der Waals surface area contributed by atoms with Crippen LogP contribution in [0.4, 0.5) is 0 Å². The highest BCUT2D eigenvalue weighted by Gasteiger charge is 2.33. The maximum atomic E-state index is 11.9. The maximum Gasteiger partial charge on any atom is 0.326 e. The SMILES string of the molecule is Cc1cc(OCc2cccc(-c3cccc(COc4cc(OCc5cncc(C#N)c5)c(CN[C@@](C)(CO)C(=O)O)cc4Cl)c3C)c2C)c(Cl)cc1CN[C@@](C)(CO)C(=O)O. The summed E-state index contributed by atoms with van der Waals surface area (Å²) in [6.07, 6.45) is 3.03. The molecule has 1 aromatic heterocycles. The van der Waals surface area contributed by atoms with E-state index in [-0.39, 0.29) is 37.9 Å². The van der Waals surface area contributed by atoms with Gasteiger partial charge in [-0.05, 0) is 103 Å². The number of rotatable bonds is 20. The van der Waals surface area contributed by atoms with Crippen molar-refractivity contribution in [1.82, 2.24) is 15.6 Å². The lowest BCUT2D eigenvalue weighted by Crippen LogP contribution is -2.52. The van der Waals surface area contributed by atoms with Crippen LogP contribution in [0.15, 0.2) is 79.1 Å². The third-order valence-corrected chi connectivity index (χ3v) is 11.3. The topological polar surface area (TPSA) is 203 Å². The summed E-state index contributed by atoms with van der Waals surface area (Å²) in [4.78, 5) is 27.6. The van der Waals surface area contributed by atoms with Gasteiger partial charge in [-0.1, -0.05) is 59.6 Å². The number of aliphatic hydroxyl groups excluding tert-OH is 2. The van der Waals surface area contributed by atoms with Crippen LogP contribution < -0.4 is 24.8 Å². The molecule has 0 aliphatic carbocycles. The van der Waals surface area contributed by atoms with E-state index in [0.29, 0.717) is 39.0 Å². The smallest absolute Gasteiger partial charge is 0.326 e. The summed E-state index contributed by atoms with van der Waals surface area (Å²) < 4.78 is 18.7. The number of carboxylic acids is 2. The largest absolute Gasteiger partial charge is 0.488 e. The van der Waals surface area contributed by atoms with Crippen molar-refractivity contribution in [3.63, 3.8) is 0 Å². The van der Waals surface area contributed by atoms with Gasteiger partial charge in [0.15, 0.2) is 0 Å². The third-order valence-electron chi connectivity index (χ3n) is 10.7. The van der Waals surface area contributed by atoms with Crippen LogP contribution in [0.1, 0.15) is 63.9 Å². The molecule has 61 heavy (non-hydrogen) atoms. The standard InChI is InChI=1S/C46H48Cl2N4O9/c1-27-12-41(38(47)14-34(27)20-51-45(4,25-53)43(55)56)60-23-32-8-6-10-36(28(32)2)37-11-7-9-33(29(37)3)24-61-42-16-40(59-22-31-13-30(17-49)18-50-19-31)35(15-39(42)48)21-52-46(5,26-54)44(57)58/h6-16,18-19,51-54H,20-26H2,1-5H3,(H,55,56)(H,57,58)/t45-,46-/m0/s1. The van der Waals surface area contributed by atoms with E-state index in [2.05, 4.69) is 21.7 Å². The Morgan fingerprint density at radius 2 is 1.18 bits per heavy atom. The number of aliphatic hydroxyl groups is 2. The number of aliphatic carboxylic acids is 2. The first-order chi connectivity index (χ1) is 29.0. The number of aryl methyl sites for hydroxylation is 1. The number of pyridine rings is 1. The van der Waals surface area contributed by atoms with Crippen LogP contribution in [0, 0.1) is 32.1 Å². The fourth-order valence-electron chi connectivity index (χ4n) is 6.30. The Labute approximate surface area is 364 Å². The molecule has 13 nitrogen and oxygen atoms in total. The number of nitriles is 1. The number of carboxylic acid groups (broad SMARTS) is 2. The summed E-state index contributed by atoms with van der Waals surface area (Å²) in [7, 11) is 0. The molecule has 2 atom stereocenters. The number of carbonyl (C=O) groups is 2. The zero-order valence-corrected chi connectivity index (χ0v) is 35.9. The van der Waals surface area contributed by atoms with Crippen molar-refractivity contribution in [2.24, 2.45) is 0 Å². The van der Waals surface area contributed by atoms with Crippen LogP contribution in [0.5, 0.6) is 17.2 Å². The Morgan fingerprint density at radius 1 is 0.689 bits per heavy atom. The van der Waals surface area contributed by atoms with Crippen LogP contribution in [-0.2, 0) is 42.5 Å². The third kappa shape index (κ3) is 11.2. The van der Waals surface area contributed by atoms with Gasteiger partial charge in [-0.15, -0.1) is 0 Å². The van der Waals surface area contributed by atoms with E-state index in [4.69, 9.17) is 37.4 Å². The van der Waals surface area contributed by atoms with E-state index in [1.165, 1.54) is 20.0 Å². The van der Waals surface area contributed by atoms with Gasteiger partial charge in [-0.25, -0.2) is 0 Å². The average Bonchev–Trinajstić information content (AvgIpc) is 3.25. The van der Waals surface area contributed by atoms with Crippen molar-refractivity contribution >= 4 is 35.1 Å². The van der Waals surface area contributed by atoms with E-state index >= 15 is 0 Å². The lowest BCUT2D eigenvalue weighted by molar-refractivity contribution is -0.146. The molecule has 15 heteroatoms. The number of benzene rings is 4. The highest BCUT2D eigenvalue weighted by atomic mass is 35.5. The second kappa shape index (κ2) is 20.2. The monoisotopic (exact) mass is 870 g/mol. The Balaban J connectivity index is 1.33. The fraction of sp³-hybridized carbons (Fsp3) is 0.304. The number of ether oxygens (including phenoxy) is 3. The summed E-state index contributed by atoms with van der Waals surface area (Å²) >= 11 is 13.4. The van der Waals surface area contributed by atoms with Crippen molar-refractivity contribution in [3.05, 3.63) is 139 Å². The van der Waals surface area contributed by atoms with Crippen molar-refractivity contribution < 1.29 is 44.2 Å². The van der Waals surface area contributed by atoms with Crippen LogP contribution in [0.2, 0.25) is 10.0 Å². The van der Waals surface area contributed by atoms with E-state index in [0.717, 1.165) is 44.5 Å². The van der Waals surface area contributed by atoms with Crippen LogP contribution in [0.25, 0.3) is 11.1 Å². The van der Waals surface area contributed by atoms with E-state index in [1.807, 2.05) is 63.2 Å². The summed E-state index contributed by atoms with van der Waals surface area (Å²) in [6, 6.07) is 22.5. The lowest BCUT2D eigenvalue weighted by atomic mass is 9.92. The summed E-state index contributed by atoms with van der Waals surface area (Å²) in [5.74, 6) is -1.22. The molecule has 4 aromatic carbocycles. The van der Waals surface area contributed by atoms with Crippen LogP contribution >= 0.6 is 23.2 Å². The fourth-order valence-corrected chi connectivity index (χ4v) is 6.78.